The Bertz CT molecular complexity index is 173. The SMILES string of the molecule is O=C1CC=CCCCCCCCO1. The summed E-state index contributed by atoms with van der Waals surface area (Å²) in [5.74, 6) is -0.0863. The van der Waals surface area contributed by atoms with Gasteiger partial charge in [-0.2, -0.15) is 0 Å². The summed E-state index contributed by atoms with van der Waals surface area (Å²) in [5, 5.41) is 0. The lowest BCUT2D eigenvalue weighted by Crippen LogP contribution is -2.04. The van der Waals surface area contributed by atoms with Crippen molar-refractivity contribution in [3.05, 3.63) is 12.2 Å². The Morgan fingerprint density at radius 3 is 2.69 bits per heavy atom. The van der Waals surface area contributed by atoms with E-state index in [0.29, 0.717) is 13.0 Å². The first-order valence-corrected chi connectivity index (χ1v) is 5.20. The minimum absolute atomic E-state index is 0.0863. The summed E-state index contributed by atoms with van der Waals surface area (Å²) in [4.78, 5) is 11.0. The van der Waals surface area contributed by atoms with Crippen LogP contribution in [-0.2, 0) is 9.53 Å². The van der Waals surface area contributed by atoms with Crippen molar-refractivity contribution in [1.29, 1.82) is 0 Å². The molecular weight excluding hydrogens is 164 g/mol. The van der Waals surface area contributed by atoms with E-state index in [9.17, 15) is 4.79 Å². The van der Waals surface area contributed by atoms with E-state index in [1.165, 1.54) is 25.7 Å². The fourth-order valence-electron chi connectivity index (χ4n) is 1.44. The van der Waals surface area contributed by atoms with Gasteiger partial charge in [-0.1, -0.05) is 31.4 Å². The van der Waals surface area contributed by atoms with Crippen LogP contribution >= 0.6 is 0 Å². The first kappa shape index (κ1) is 10.3. The molecule has 74 valence electrons. The molecule has 0 fully saturated rings. The van der Waals surface area contributed by atoms with Gasteiger partial charge in [-0.15, -0.1) is 0 Å². The smallest absolute Gasteiger partial charge is 0.309 e. The fraction of sp³-hybridized carbons (Fsp3) is 0.727. The van der Waals surface area contributed by atoms with Gasteiger partial charge in [0.2, 0.25) is 0 Å². The van der Waals surface area contributed by atoms with Crippen molar-refractivity contribution in [2.75, 3.05) is 6.61 Å². The molecule has 1 aliphatic rings. The lowest BCUT2D eigenvalue weighted by Gasteiger charge is -2.04. The summed E-state index contributed by atoms with van der Waals surface area (Å²) in [6.07, 6.45) is 11.6. The van der Waals surface area contributed by atoms with Gasteiger partial charge < -0.3 is 4.74 Å². The molecule has 0 amide bonds. The normalized spacial score (nSPS) is 21.4. The second-order valence-corrected chi connectivity index (χ2v) is 3.45. The van der Waals surface area contributed by atoms with Crippen LogP contribution in [0.25, 0.3) is 0 Å². The molecule has 0 aromatic heterocycles. The summed E-state index contributed by atoms with van der Waals surface area (Å²) in [7, 11) is 0. The van der Waals surface area contributed by atoms with Gasteiger partial charge in [0.05, 0.1) is 13.0 Å². The van der Waals surface area contributed by atoms with E-state index in [0.717, 1.165) is 12.8 Å². The predicted molar refractivity (Wildman–Crippen MR) is 52.4 cm³/mol. The Balaban J connectivity index is 2.26. The molecule has 0 aromatic carbocycles. The van der Waals surface area contributed by atoms with Gasteiger partial charge in [-0.25, -0.2) is 0 Å². The Labute approximate surface area is 80.0 Å². The minimum Gasteiger partial charge on any atom is -0.465 e. The topological polar surface area (TPSA) is 26.3 Å². The maximum atomic E-state index is 11.0. The molecule has 13 heavy (non-hydrogen) atoms. The lowest BCUT2D eigenvalue weighted by molar-refractivity contribution is -0.142. The zero-order chi connectivity index (χ0) is 9.36. The van der Waals surface area contributed by atoms with Crippen LogP contribution in [0, 0.1) is 0 Å². The summed E-state index contributed by atoms with van der Waals surface area (Å²) < 4.78 is 5.02. The van der Waals surface area contributed by atoms with E-state index in [1.807, 2.05) is 6.08 Å². The van der Waals surface area contributed by atoms with Crippen LogP contribution in [0.5, 0.6) is 0 Å². The molecule has 0 saturated carbocycles. The predicted octanol–water partition coefficient (Wildman–Crippen LogP) is 2.83. The quantitative estimate of drug-likeness (QED) is 0.425. The minimum atomic E-state index is -0.0863. The van der Waals surface area contributed by atoms with Gasteiger partial charge >= 0.3 is 5.97 Å². The molecule has 0 N–H and O–H groups in total. The highest BCUT2D eigenvalue weighted by Crippen LogP contribution is 2.07. The van der Waals surface area contributed by atoms with E-state index in [-0.39, 0.29) is 5.97 Å². The number of ether oxygens (including phenoxy) is 1. The number of hydrogen-bond donors (Lipinski definition) is 0. The van der Waals surface area contributed by atoms with Crippen molar-refractivity contribution in [1.82, 2.24) is 0 Å². The van der Waals surface area contributed by atoms with Crippen LogP contribution in [0.2, 0.25) is 0 Å². The zero-order valence-corrected chi connectivity index (χ0v) is 8.13. The molecule has 0 aliphatic carbocycles. The van der Waals surface area contributed by atoms with Gasteiger partial charge in [0.1, 0.15) is 0 Å². The van der Waals surface area contributed by atoms with E-state index >= 15 is 0 Å². The molecule has 0 radical (unpaired) electrons. The molecular formula is C11H18O2. The molecule has 1 rings (SSSR count). The third-order valence-electron chi connectivity index (χ3n) is 2.23. The third kappa shape index (κ3) is 5.45. The van der Waals surface area contributed by atoms with Crippen LogP contribution in [0.15, 0.2) is 12.2 Å². The summed E-state index contributed by atoms with van der Waals surface area (Å²) in [5.41, 5.74) is 0. The highest BCUT2D eigenvalue weighted by molar-refractivity contribution is 5.71. The second kappa shape index (κ2) is 6.70. The monoisotopic (exact) mass is 182 g/mol. The van der Waals surface area contributed by atoms with Crippen LogP contribution < -0.4 is 0 Å². The van der Waals surface area contributed by atoms with Crippen LogP contribution in [0.3, 0.4) is 0 Å². The maximum Gasteiger partial charge on any atom is 0.309 e. The average molecular weight is 182 g/mol. The van der Waals surface area contributed by atoms with E-state index in [2.05, 4.69) is 6.08 Å². The first-order chi connectivity index (χ1) is 6.39. The Morgan fingerprint density at radius 2 is 1.77 bits per heavy atom. The molecule has 1 heterocycles. The summed E-state index contributed by atoms with van der Waals surface area (Å²) in [6.45, 7) is 0.604. The molecule has 0 atom stereocenters. The molecule has 1 aliphatic heterocycles. The second-order valence-electron chi connectivity index (χ2n) is 3.45. The lowest BCUT2D eigenvalue weighted by atomic mass is 10.1. The molecule has 0 unspecified atom stereocenters. The largest absolute Gasteiger partial charge is 0.465 e. The van der Waals surface area contributed by atoms with Crippen LogP contribution in [0.1, 0.15) is 44.9 Å². The van der Waals surface area contributed by atoms with Crippen molar-refractivity contribution in [3.63, 3.8) is 0 Å². The maximum absolute atomic E-state index is 11.0. The molecule has 2 heteroatoms. The molecule has 0 bridgehead atoms. The van der Waals surface area contributed by atoms with Crippen molar-refractivity contribution in [3.8, 4) is 0 Å². The van der Waals surface area contributed by atoms with Gasteiger partial charge in [-0.05, 0) is 19.3 Å². The van der Waals surface area contributed by atoms with Crippen molar-refractivity contribution < 1.29 is 9.53 Å². The van der Waals surface area contributed by atoms with E-state index in [1.54, 1.807) is 0 Å². The number of carbonyl (C=O) groups is 1. The van der Waals surface area contributed by atoms with Gasteiger partial charge in [0, 0.05) is 0 Å². The highest BCUT2D eigenvalue weighted by atomic mass is 16.5. The molecule has 0 aromatic rings. The summed E-state index contributed by atoms with van der Waals surface area (Å²) in [6, 6.07) is 0. The first-order valence-electron chi connectivity index (χ1n) is 5.20. The van der Waals surface area contributed by atoms with Gasteiger partial charge in [-0.3, -0.25) is 4.79 Å². The summed E-state index contributed by atoms with van der Waals surface area (Å²) >= 11 is 0. The Hall–Kier alpha value is -0.790. The van der Waals surface area contributed by atoms with Crippen molar-refractivity contribution >= 4 is 5.97 Å². The van der Waals surface area contributed by atoms with E-state index in [4.69, 9.17) is 4.74 Å². The molecule has 2 nitrogen and oxygen atoms in total. The van der Waals surface area contributed by atoms with E-state index < -0.39 is 0 Å². The van der Waals surface area contributed by atoms with Crippen molar-refractivity contribution in [2.24, 2.45) is 0 Å². The van der Waals surface area contributed by atoms with Crippen molar-refractivity contribution in [2.45, 2.75) is 44.9 Å². The zero-order valence-electron chi connectivity index (χ0n) is 8.13. The Morgan fingerprint density at radius 1 is 1.00 bits per heavy atom. The fourth-order valence-corrected chi connectivity index (χ4v) is 1.44. The number of cyclic esters (lactones) is 1. The number of hydrogen-bond acceptors (Lipinski definition) is 2. The number of esters is 1. The van der Waals surface area contributed by atoms with Gasteiger partial charge in [0.25, 0.3) is 0 Å². The Kier molecular flexibility index (Phi) is 5.30. The van der Waals surface area contributed by atoms with Crippen LogP contribution in [0.4, 0.5) is 0 Å². The number of allylic oxidation sites excluding steroid dienone is 1. The molecule has 0 saturated heterocycles. The number of rotatable bonds is 0. The standard InChI is InChI=1S/C11H18O2/c12-11-9-7-5-3-1-2-4-6-8-10-13-11/h5,7H,1-4,6,8-10H2. The average Bonchev–Trinajstić information content (AvgIpc) is 2.11. The number of carbonyl (C=O) groups excluding carboxylic acids is 1. The van der Waals surface area contributed by atoms with Gasteiger partial charge in [0.15, 0.2) is 0 Å². The highest BCUT2D eigenvalue weighted by Gasteiger charge is 1.99. The molecule has 0 spiro atoms. The third-order valence-corrected chi connectivity index (χ3v) is 2.23. The van der Waals surface area contributed by atoms with Crippen LogP contribution in [-0.4, -0.2) is 12.6 Å².